The van der Waals surface area contributed by atoms with Gasteiger partial charge in [0, 0.05) is 13.1 Å². The lowest BCUT2D eigenvalue weighted by Gasteiger charge is -2.49. The van der Waals surface area contributed by atoms with Gasteiger partial charge in [0.05, 0.1) is 12.0 Å². The first-order chi connectivity index (χ1) is 11.7. The van der Waals surface area contributed by atoms with Crippen LogP contribution in [0.2, 0.25) is 0 Å². The number of carboxylic acids is 1. The zero-order valence-electron chi connectivity index (χ0n) is 15.2. The van der Waals surface area contributed by atoms with E-state index in [1.165, 1.54) is 5.56 Å². The second kappa shape index (κ2) is 7.87. The van der Waals surface area contributed by atoms with Gasteiger partial charge in [0.15, 0.2) is 0 Å². The Morgan fingerprint density at radius 2 is 1.88 bits per heavy atom. The summed E-state index contributed by atoms with van der Waals surface area (Å²) < 4.78 is 5.34. The molecule has 1 heterocycles. The standard InChI is InChI=1S/C19H28N2O4/c1-18(2,3)25-17(24)21-13-19(14-21,12-16(22)23)20-11-7-10-15-8-5-4-6-9-15/h4-6,8-9,20H,7,10-14H2,1-3H3,(H,22,23). The van der Waals surface area contributed by atoms with Crippen molar-refractivity contribution in [2.45, 2.75) is 51.2 Å². The summed E-state index contributed by atoms with van der Waals surface area (Å²) in [5.41, 5.74) is 0.158. The van der Waals surface area contributed by atoms with Gasteiger partial charge in [-0.25, -0.2) is 4.79 Å². The molecular formula is C19H28N2O4. The number of ether oxygens (including phenoxy) is 1. The van der Waals surface area contributed by atoms with E-state index in [0.29, 0.717) is 19.6 Å². The minimum absolute atomic E-state index is 0.00235. The van der Waals surface area contributed by atoms with E-state index < -0.39 is 17.1 Å². The van der Waals surface area contributed by atoms with Gasteiger partial charge in [0.1, 0.15) is 5.60 Å². The molecule has 0 aliphatic carbocycles. The van der Waals surface area contributed by atoms with Crippen molar-refractivity contribution in [2.75, 3.05) is 19.6 Å². The van der Waals surface area contributed by atoms with Gasteiger partial charge in [-0.15, -0.1) is 0 Å². The smallest absolute Gasteiger partial charge is 0.410 e. The Labute approximate surface area is 149 Å². The molecule has 0 spiro atoms. The summed E-state index contributed by atoms with van der Waals surface area (Å²) in [6, 6.07) is 10.2. The van der Waals surface area contributed by atoms with Crippen LogP contribution >= 0.6 is 0 Å². The van der Waals surface area contributed by atoms with Crippen LogP contribution in [0.25, 0.3) is 0 Å². The average molecular weight is 348 g/mol. The fourth-order valence-electron chi connectivity index (χ4n) is 3.01. The third-order valence-corrected chi connectivity index (χ3v) is 4.11. The van der Waals surface area contributed by atoms with Gasteiger partial charge < -0.3 is 20.1 Å². The zero-order chi connectivity index (χ0) is 18.5. The summed E-state index contributed by atoms with van der Waals surface area (Å²) in [6.45, 7) is 6.88. The predicted octanol–water partition coefficient (Wildman–Crippen LogP) is 2.67. The summed E-state index contributed by atoms with van der Waals surface area (Å²) in [6.07, 6.45) is 1.46. The first kappa shape index (κ1) is 19.2. The van der Waals surface area contributed by atoms with E-state index in [1.807, 2.05) is 39.0 Å². The van der Waals surface area contributed by atoms with Crippen molar-refractivity contribution in [2.24, 2.45) is 0 Å². The molecule has 6 heteroatoms. The number of carbonyl (C=O) groups is 2. The largest absolute Gasteiger partial charge is 0.481 e. The number of likely N-dealkylation sites (tertiary alicyclic amines) is 1. The van der Waals surface area contributed by atoms with Crippen molar-refractivity contribution in [3.63, 3.8) is 0 Å². The highest BCUT2D eigenvalue weighted by molar-refractivity contribution is 5.73. The minimum atomic E-state index is -0.862. The molecule has 0 aromatic heterocycles. The lowest BCUT2D eigenvalue weighted by atomic mass is 9.86. The summed E-state index contributed by atoms with van der Waals surface area (Å²) in [5, 5.41) is 12.5. The highest BCUT2D eigenvalue weighted by Crippen LogP contribution is 2.27. The number of nitrogens with zero attached hydrogens (tertiary/aromatic N) is 1. The molecule has 0 saturated carbocycles. The number of hydrogen-bond acceptors (Lipinski definition) is 4. The molecule has 1 aliphatic heterocycles. The lowest BCUT2D eigenvalue weighted by molar-refractivity contribution is -0.141. The number of rotatable bonds is 7. The molecule has 0 atom stereocenters. The second-order valence-electron chi connectivity index (χ2n) is 7.70. The molecule has 2 rings (SSSR count). The van der Waals surface area contributed by atoms with Crippen LogP contribution in [-0.4, -0.2) is 52.8 Å². The number of amides is 1. The van der Waals surface area contributed by atoms with Gasteiger partial charge in [-0.3, -0.25) is 4.79 Å². The molecule has 0 radical (unpaired) electrons. The molecule has 6 nitrogen and oxygen atoms in total. The first-order valence-corrected chi connectivity index (χ1v) is 8.68. The van der Waals surface area contributed by atoms with Crippen molar-refractivity contribution in [3.8, 4) is 0 Å². The Morgan fingerprint density at radius 3 is 2.44 bits per heavy atom. The van der Waals surface area contributed by atoms with E-state index in [0.717, 1.165) is 12.8 Å². The molecule has 0 unspecified atom stereocenters. The topological polar surface area (TPSA) is 78.9 Å². The van der Waals surface area contributed by atoms with Crippen LogP contribution in [0.15, 0.2) is 30.3 Å². The van der Waals surface area contributed by atoms with Gasteiger partial charge in [0.2, 0.25) is 0 Å². The normalized spacial score (nSPS) is 16.2. The predicted molar refractivity (Wildman–Crippen MR) is 95.6 cm³/mol. The number of hydrogen-bond donors (Lipinski definition) is 2. The van der Waals surface area contributed by atoms with Gasteiger partial charge >= 0.3 is 12.1 Å². The quantitative estimate of drug-likeness (QED) is 0.741. The van der Waals surface area contributed by atoms with Gasteiger partial charge in [-0.2, -0.15) is 0 Å². The Morgan fingerprint density at radius 1 is 1.24 bits per heavy atom. The van der Waals surface area contributed by atoms with Gasteiger partial charge in [-0.05, 0) is 45.7 Å². The third-order valence-electron chi connectivity index (χ3n) is 4.11. The van der Waals surface area contributed by atoms with E-state index >= 15 is 0 Å². The fraction of sp³-hybridized carbons (Fsp3) is 0.579. The van der Waals surface area contributed by atoms with Crippen LogP contribution in [0.4, 0.5) is 4.79 Å². The van der Waals surface area contributed by atoms with Crippen molar-refractivity contribution >= 4 is 12.1 Å². The SMILES string of the molecule is CC(C)(C)OC(=O)N1CC(CC(=O)O)(NCCCc2ccccc2)C1. The monoisotopic (exact) mass is 348 g/mol. The molecule has 2 N–H and O–H groups in total. The summed E-state index contributed by atoms with van der Waals surface area (Å²) in [5.74, 6) is -0.862. The maximum atomic E-state index is 12.1. The lowest BCUT2D eigenvalue weighted by Crippen LogP contribution is -2.71. The van der Waals surface area contributed by atoms with Gasteiger partial charge in [-0.1, -0.05) is 30.3 Å². The number of carboxylic acid groups (broad SMARTS) is 1. The molecule has 1 aliphatic rings. The Balaban J connectivity index is 1.81. The van der Waals surface area contributed by atoms with Crippen LogP contribution in [0.1, 0.15) is 39.2 Å². The number of aryl methyl sites for hydroxylation is 1. The first-order valence-electron chi connectivity index (χ1n) is 8.68. The Bertz CT molecular complexity index is 589. The van der Waals surface area contributed by atoms with Crippen molar-refractivity contribution in [1.29, 1.82) is 0 Å². The number of benzene rings is 1. The number of aliphatic carboxylic acids is 1. The summed E-state index contributed by atoms with van der Waals surface area (Å²) in [7, 11) is 0. The Kier molecular flexibility index (Phi) is 6.06. The van der Waals surface area contributed by atoms with Crippen LogP contribution in [0.5, 0.6) is 0 Å². The highest BCUT2D eigenvalue weighted by Gasteiger charge is 2.47. The summed E-state index contributed by atoms with van der Waals surface area (Å²) in [4.78, 5) is 24.8. The maximum absolute atomic E-state index is 12.1. The second-order valence-corrected chi connectivity index (χ2v) is 7.70. The molecular weight excluding hydrogens is 320 g/mol. The Hall–Kier alpha value is -2.08. The van der Waals surface area contributed by atoms with Gasteiger partial charge in [0.25, 0.3) is 0 Å². The number of carbonyl (C=O) groups excluding carboxylic acids is 1. The fourth-order valence-corrected chi connectivity index (χ4v) is 3.01. The minimum Gasteiger partial charge on any atom is -0.481 e. The molecule has 0 bridgehead atoms. The van der Waals surface area contributed by atoms with Crippen LogP contribution in [0.3, 0.4) is 0 Å². The average Bonchev–Trinajstić information content (AvgIpc) is 2.47. The van der Waals surface area contributed by atoms with Crippen LogP contribution in [-0.2, 0) is 16.0 Å². The molecule has 1 amide bonds. The van der Waals surface area contributed by atoms with Crippen molar-refractivity contribution < 1.29 is 19.4 Å². The molecule has 1 aromatic rings. The van der Waals surface area contributed by atoms with E-state index in [2.05, 4.69) is 17.4 Å². The third kappa shape index (κ3) is 6.05. The van der Waals surface area contributed by atoms with E-state index in [-0.39, 0.29) is 12.5 Å². The van der Waals surface area contributed by atoms with Crippen LogP contribution < -0.4 is 5.32 Å². The molecule has 1 aromatic carbocycles. The maximum Gasteiger partial charge on any atom is 0.410 e. The van der Waals surface area contributed by atoms with Crippen LogP contribution in [0, 0.1) is 0 Å². The molecule has 25 heavy (non-hydrogen) atoms. The molecule has 1 fully saturated rings. The van der Waals surface area contributed by atoms with E-state index in [1.54, 1.807) is 4.90 Å². The summed E-state index contributed by atoms with van der Waals surface area (Å²) >= 11 is 0. The van der Waals surface area contributed by atoms with E-state index in [4.69, 9.17) is 4.74 Å². The van der Waals surface area contributed by atoms with E-state index in [9.17, 15) is 14.7 Å². The molecule has 1 saturated heterocycles. The highest BCUT2D eigenvalue weighted by atomic mass is 16.6. The zero-order valence-corrected chi connectivity index (χ0v) is 15.2. The van der Waals surface area contributed by atoms with Crippen molar-refractivity contribution in [3.05, 3.63) is 35.9 Å². The van der Waals surface area contributed by atoms with Crippen molar-refractivity contribution in [1.82, 2.24) is 10.2 Å². The molecule has 138 valence electrons. The number of nitrogens with one attached hydrogen (secondary N) is 1.